The van der Waals surface area contributed by atoms with E-state index in [1.54, 1.807) is 6.92 Å². The van der Waals surface area contributed by atoms with Crippen LogP contribution < -0.4 is 0 Å². The van der Waals surface area contributed by atoms with Crippen LogP contribution in [0.4, 0.5) is 0 Å². The normalized spacial score (nSPS) is 41.5. The summed E-state index contributed by atoms with van der Waals surface area (Å²) in [5.41, 5.74) is -1.70. The second kappa shape index (κ2) is 7.84. The van der Waals surface area contributed by atoms with E-state index in [0.29, 0.717) is 32.1 Å². The molecule has 3 saturated heterocycles. The minimum Gasteiger partial charge on any atom is -0.460 e. The Bertz CT molecular complexity index is 568. The van der Waals surface area contributed by atoms with Crippen LogP contribution >= 0.6 is 0 Å². The molecule has 2 N–H and O–H groups in total. The van der Waals surface area contributed by atoms with Gasteiger partial charge in [0.1, 0.15) is 11.2 Å². The van der Waals surface area contributed by atoms with E-state index >= 15 is 0 Å². The quantitative estimate of drug-likeness (QED) is 0.701. The second-order valence-electron chi connectivity index (χ2n) is 9.75. The number of hydrogen-bond donors (Lipinski definition) is 2. The highest BCUT2D eigenvalue weighted by Crippen LogP contribution is 2.53. The lowest BCUT2D eigenvalue weighted by atomic mass is 9.83. The van der Waals surface area contributed by atoms with Crippen LogP contribution in [0, 0.1) is 0 Å². The molecular weight excluding hydrogens is 364 g/mol. The van der Waals surface area contributed by atoms with Gasteiger partial charge in [0, 0.05) is 25.9 Å². The van der Waals surface area contributed by atoms with Crippen molar-refractivity contribution in [3.05, 3.63) is 0 Å². The molecule has 162 valence electrons. The van der Waals surface area contributed by atoms with E-state index in [4.69, 9.17) is 18.9 Å². The zero-order valence-corrected chi connectivity index (χ0v) is 17.7. The molecule has 0 bridgehead atoms. The third-order valence-electron chi connectivity index (χ3n) is 6.05. The maximum atomic E-state index is 12.2. The first-order valence-electron chi connectivity index (χ1n) is 10.6. The first-order valence-corrected chi connectivity index (χ1v) is 10.6. The first kappa shape index (κ1) is 22.0. The average molecular weight is 401 g/mol. The zero-order valence-electron chi connectivity index (χ0n) is 17.7. The maximum absolute atomic E-state index is 12.2. The highest BCUT2D eigenvalue weighted by atomic mass is 16.8. The van der Waals surface area contributed by atoms with E-state index in [1.165, 1.54) is 0 Å². The molecule has 0 aliphatic carbocycles. The Morgan fingerprint density at radius 1 is 1.11 bits per heavy atom. The molecule has 0 amide bonds. The number of carbonyl (C=O) groups is 1. The standard InChI is InChI=1S/C21H36O7/c1-18(2,3)27-17(23)14-16-7-10-19(4,24)21(26-16)12-11-20(28-21)9-5-6-15(25-20)8-13-22/h15-16,22,24H,5-14H2,1-4H3/t15-,16-,19+,20+,21+/m0/s1. The molecule has 3 aliphatic rings. The molecule has 3 heterocycles. The average Bonchev–Trinajstić information content (AvgIpc) is 2.89. The van der Waals surface area contributed by atoms with E-state index in [9.17, 15) is 15.0 Å². The number of aliphatic hydroxyl groups is 2. The van der Waals surface area contributed by atoms with Crippen molar-refractivity contribution < 1.29 is 34.0 Å². The summed E-state index contributed by atoms with van der Waals surface area (Å²) in [5.74, 6) is -2.27. The van der Waals surface area contributed by atoms with E-state index in [-0.39, 0.29) is 31.2 Å². The van der Waals surface area contributed by atoms with Gasteiger partial charge < -0.3 is 29.2 Å². The highest BCUT2D eigenvalue weighted by molar-refractivity contribution is 5.70. The van der Waals surface area contributed by atoms with Crippen molar-refractivity contribution in [2.45, 2.75) is 120 Å². The van der Waals surface area contributed by atoms with Gasteiger partial charge in [-0.3, -0.25) is 4.79 Å². The van der Waals surface area contributed by atoms with Crippen LogP contribution in [0.2, 0.25) is 0 Å². The van der Waals surface area contributed by atoms with Gasteiger partial charge in [0.05, 0.1) is 18.6 Å². The van der Waals surface area contributed by atoms with Crippen molar-refractivity contribution in [2.75, 3.05) is 6.61 Å². The predicted molar refractivity (Wildman–Crippen MR) is 101 cm³/mol. The third-order valence-corrected chi connectivity index (χ3v) is 6.05. The highest BCUT2D eigenvalue weighted by Gasteiger charge is 2.63. The van der Waals surface area contributed by atoms with Gasteiger partial charge in [0.2, 0.25) is 5.79 Å². The molecule has 5 atom stereocenters. The first-order chi connectivity index (χ1) is 13.0. The number of carbonyl (C=O) groups excluding carboxylic acids is 1. The number of hydrogen-bond acceptors (Lipinski definition) is 7. The van der Waals surface area contributed by atoms with Crippen LogP contribution in [-0.2, 0) is 23.7 Å². The van der Waals surface area contributed by atoms with Crippen molar-refractivity contribution in [3.63, 3.8) is 0 Å². The van der Waals surface area contributed by atoms with Crippen molar-refractivity contribution in [2.24, 2.45) is 0 Å². The molecular formula is C21H36O7. The van der Waals surface area contributed by atoms with Gasteiger partial charge in [-0.15, -0.1) is 0 Å². The largest absolute Gasteiger partial charge is 0.460 e. The minimum atomic E-state index is -1.18. The summed E-state index contributed by atoms with van der Waals surface area (Å²) in [6, 6.07) is 0. The molecule has 0 unspecified atom stereocenters. The summed E-state index contributed by atoms with van der Waals surface area (Å²) >= 11 is 0. The molecule has 28 heavy (non-hydrogen) atoms. The molecule has 0 radical (unpaired) electrons. The zero-order chi connectivity index (χ0) is 20.6. The van der Waals surface area contributed by atoms with Crippen LogP contribution in [0.1, 0.15) is 85.5 Å². The van der Waals surface area contributed by atoms with E-state index < -0.39 is 22.8 Å². The Kier molecular flexibility index (Phi) is 6.15. The van der Waals surface area contributed by atoms with Crippen LogP contribution in [0.5, 0.6) is 0 Å². The number of ether oxygens (including phenoxy) is 4. The molecule has 0 aromatic heterocycles. The summed E-state index contributed by atoms with van der Waals surface area (Å²) in [4.78, 5) is 12.2. The Morgan fingerprint density at radius 3 is 2.54 bits per heavy atom. The fourth-order valence-electron chi connectivity index (χ4n) is 4.65. The van der Waals surface area contributed by atoms with Crippen LogP contribution in [0.3, 0.4) is 0 Å². The molecule has 3 rings (SSSR count). The van der Waals surface area contributed by atoms with Gasteiger partial charge in [-0.05, 0) is 59.8 Å². The SMILES string of the molecule is CC(C)(C)OC(=O)C[C@@H]1CC[C@@](C)(O)[C@]2(CC[C@@]3(CCC[C@@H](CCO)O3)O2)O1. The van der Waals surface area contributed by atoms with Gasteiger partial charge in [0.15, 0.2) is 5.79 Å². The molecule has 0 saturated carbocycles. The summed E-state index contributed by atoms with van der Waals surface area (Å²) in [6.07, 6.45) is 5.10. The number of aliphatic hydroxyl groups excluding tert-OH is 1. The summed E-state index contributed by atoms with van der Waals surface area (Å²) in [6.45, 7) is 7.34. The summed E-state index contributed by atoms with van der Waals surface area (Å²) < 4.78 is 24.3. The van der Waals surface area contributed by atoms with Crippen molar-refractivity contribution in [3.8, 4) is 0 Å². The lowest BCUT2D eigenvalue weighted by Gasteiger charge is -2.50. The fourth-order valence-corrected chi connectivity index (χ4v) is 4.65. The Hall–Kier alpha value is -0.730. The lowest BCUT2D eigenvalue weighted by Crippen LogP contribution is -2.60. The topological polar surface area (TPSA) is 94.5 Å². The predicted octanol–water partition coefficient (Wildman–Crippen LogP) is 2.80. The molecule has 7 heteroatoms. The molecule has 2 spiro atoms. The Morgan fingerprint density at radius 2 is 1.86 bits per heavy atom. The summed E-state index contributed by atoms with van der Waals surface area (Å²) in [5, 5.41) is 20.3. The van der Waals surface area contributed by atoms with Crippen molar-refractivity contribution in [1.29, 1.82) is 0 Å². The van der Waals surface area contributed by atoms with Gasteiger partial charge in [-0.1, -0.05) is 0 Å². The van der Waals surface area contributed by atoms with Gasteiger partial charge in [-0.25, -0.2) is 0 Å². The maximum Gasteiger partial charge on any atom is 0.308 e. The minimum absolute atomic E-state index is 0.0417. The fraction of sp³-hybridized carbons (Fsp3) is 0.952. The van der Waals surface area contributed by atoms with E-state index in [1.807, 2.05) is 20.8 Å². The molecule has 0 aromatic rings. The third kappa shape index (κ3) is 4.70. The molecule has 3 fully saturated rings. The smallest absolute Gasteiger partial charge is 0.308 e. The lowest BCUT2D eigenvalue weighted by molar-refractivity contribution is -0.401. The Labute approximate surface area is 167 Å². The van der Waals surface area contributed by atoms with E-state index in [2.05, 4.69) is 0 Å². The van der Waals surface area contributed by atoms with Crippen molar-refractivity contribution >= 4 is 5.97 Å². The van der Waals surface area contributed by atoms with Crippen LogP contribution in [0.15, 0.2) is 0 Å². The van der Waals surface area contributed by atoms with Gasteiger partial charge >= 0.3 is 5.97 Å². The second-order valence-corrected chi connectivity index (χ2v) is 9.75. The monoisotopic (exact) mass is 400 g/mol. The van der Waals surface area contributed by atoms with E-state index in [0.717, 1.165) is 19.3 Å². The number of esters is 1. The molecule has 0 aromatic carbocycles. The number of rotatable bonds is 4. The van der Waals surface area contributed by atoms with Gasteiger partial charge in [-0.2, -0.15) is 0 Å². The van der Waals surface area contributed by atoms with Gasteiger partial charge in [0.25, 0.3) is 0 Å². The van der Waals surface area contributed by atoms with Crippen LogP contribution in [0.25, 0.3) is 0 Å². The van der Waals surface area contributed by atoms with Crippen LogP contribution in [-0.4, -0.2) is 57.8 Å². The Balaban J connectivity index is 1.69. The van der Waals surface area contributed by atoms with Crippen molar-refractivity contribution in [1.82, 2.24) is 0 Å². The summed E-state index contributed by atoms with van der Waals surface area (Å²) in [7, 11) is 0. The molecule has 3 aliphatic heterocycles. The molecule has 7 nitrogen and oxygen atoms in total.